The number of benzene rings is 1. The predicted molar refractivity (Wildman–Crippen MR) is 56.8 cm³/mol. The van der Waals surface area contributed by atoms with Gasteiger partial charge < -0.3 is 4.52 Å². The Morgan fingerprint density at radius 1 is 1.33 bits per heavy atom. The molecule has 1 aliphatic rings. The molecule has 1 aliphatic heterocycles. The second-order valence-corrected chi connectivity index (χ2v) is 3.44. The van der Waals surface area contributed by atoms with Crippen molar-refractivity contribution in [3.63, 3.8) is 0 Å². The van der Waals surface area contributed by atoms with E-state index in [1.165, 1.54) is 0 Å². The van der Waals surface area contributed by atoms with Crippen LogP contribution in [-0.2, 0) is 0 Å². The first kappa shape index (κ1) is 8.35. The van der Waals surface area contributed by atoms with Crippen LogP contribution in [-0.4, -0.2) is 16.6 Å². The van der Waals surface area contributed by atoms with Crippen LogP contribution in [0.15, 0.2) is 39.9 Å². The predicted octanol–water partition coefficient (Wildman–Crippen LogP) is 2.29. The molecule has 1 aromatic heterocycles. The zero-order chi connectivity index (χ0) is 10.1. The molecular weight excluding hydrogens is 190 g/mol. The fourth-order valence-corrected chi connectivity index (χ4v) is 1.78. The van der Waals surface area contributed by atoms with Crippen molar-refractivity contribution in [2.45, 2.75) is 12.5 Å². The van der Waals surface area contributed by atoms with Crippen LogP contribution in [0.25, 0.3) is 11.1 Å². The van der Waals surface area contributed by atoms with Crippen molar-refractivity contribution >= 4 is 17.3 Å². The average Bonchev–Trinajstić information content (AvgIpc) is 2.78. The normalized spacial score (nSPS) is 19.9. The Kier molecular flexibility index (Phi) is 1.84. The van der Waals surface area contributed by atoms with Gasteiger partial charge in [-0.15, -0.1) is 5.10 Å². The standard InChI is InChI=1S/C11H9N3O/c1-2-7-12-9(5-1)8-4-3-6-10-11(8)13-14-15-10/h1-4,6-7,9H,5H2. The number of aromatic nitrogens is 2. The maximum absolute atomic E-state index is 5.02. The molecule has 3 rings (SSSR count). The molecule has 1 aromatic carbocycles. The maximum Gasteiger partial charge on any atom is 0.187 e. The molecule has 0 saturated carbocycles. The van der Waals surface area contributed by atoms with Crippen LogP contribution in [0.4, 0.5) is 0 Å². The van der Waals surface area contributed by atoms with Crippen molar-refractivity contribution in [3.05, 3.63) is 35.9 Å². The van der Waals surface area contributed by atoms with Gasteiger partial charge in [0.2, 0.25) is 0 Å². The van der Waals surface area contributed by atoms with Crippen molar-refractivity contribution in [1.82, 2.24) is 10.4 Å². The Balaban J connectivity index is 2.13. The van der Waals surface area contributed by atoms with Gasteiger partial charge in [0, 0.05) is 17.0 Å². The number of rotatable bonds is 1. The smallest absolute Gasteiger partial charge is 0.187 e. The van der Waals surface area contributed by atoms with E-state index in [1.807, 2.05) is 30.5 Å². The molecule has 74 valence electrons. The molecule has 1 unspecified atom stereocenters. The van der Waals surface area contributed by atoms with E-state index >= 15 is 0 Å². The minimum Gasteiger partial charge on any atom is -0.337 e. The lowest BCUT2D eigenvalue weighted by molar-refractivity contribution is 0.424. The average molecular weight is 199 g/mol. The van der Waals surface area contributed by atoms with Gasteiger partial charge in [0.25, 0.3) is 0 Å². The zero-order valence-electron chi connectivity index (χ0n) is 8.00. The molecule has 0 spiro atoms. The fourth-order valence-electron chi connectivity index (χ4n) is 1.78. The third-order valence-electron chi connectivity index (χ3n) is 2.52. The lowest BCUT2D eigenvalue weighted by Crippen LogP contribution is -1.98. The lowest BCUT2D eigenvalue weighted by atomic mass is 10.0. The zero-order valence-corrected chi connectivity index (χ0v) is 8.00. The Morgan fingerprint density at radius 2 is 2.33 bits per heavy atom. The topological polar surface area (TPSA) is 51.3 Å². The molecule has 15 heavy (non-hydrogen) atoms. The summed E-state index contributed by atoms with van der Waals surface area (Å²) in [6.07, 6.45) is 6.78. The highest BCUT2D eigenvalue weighted by Crippen LogP contribution is 2.28. The Hall–Kier alpha value is -1.97. The summed E-state index contributed by atoms with van der Waals surface area (Å²) in [6.45, 7) is 0. The van der Waals surface area contributed by atoms with Gasteiger partial charge in [-0.2, -0.15) is 0 Å². The van der Waals surface area contributed by atoms with Gasteiger partial charge in [-0.05, 0) is 18.6 Å². The van der Waals surface area contributed by atoms with E-state index in [9.17, 15) is 0 Å². The summed E-state index contributed by atoms with van der Waals surface area (Å²) in [4.78, 5) is 4.41. The van der Waals surface area contributed by atoms with E-state index in [0.717, 1.165) is 23.1 Å². The van der Waals surface area contributed by atoms with E-state index in [1.54, 1.807) is 0 Å². The van der Waals surface area contributed by atoms with Crippen LogP contribution >= 0.6 is 0 Å². The SMILES string of the molecule is C1=CCC(c2cccc3onnc23)N=C1. The Bertz CT molecular complexity index is 542. The van der Waals surface area contributed by atoms with Crippen LogP contribution in [0, 0.1) is 0 Å². The molecule has 0 saturated heterocycles. The maximum atomic E-state index is 5.02. The van der Waals surface area contributed by atoms with Gasteiger partial charge in [-0.1, -0.05) is 18.2 Å². The molecule has 0 aliphatic carbocycles. The van der Waals surface area contributed by atoms with E-state index in [-0.39, 0.29) is 6.04 Å². The van der Waals surface area contributed by atoms with Gasteiger partial charge in [0.1, 0.15) is 5.52 Å². The second kappa shape index (κ2) is 3.31. The fraction of sp³-hybridized carbons (Fsp3) is 0.182. The minimum atomic E-state index is 0.144. The largest absolute Gasteiger partial charge is 0.337 e. The molecule has 4 heteroatoms. The monoisotopic (exact) mass is 199 g/mol. The van der Waals surface area contributed by atoms with Crippen molar-refractivity contribution in [2.75, 3.05) is 0 Å². The van der Waals surface area contributed by atoms with Gasteiger partial charge in [0.05, 0.1) is 6.04 Å². The van der Waals surface area contributed by atoms with Crippen molar-refractivity contribution in [1.29, 1.82) is 0 Å². The third-order valence-corrected chi connectivity index (χ3v) is 2.52. The molecule has 0 fully saturated rings. The third kappa shape index (κ3) is 1.34. The van der Waals surface area contributed by atoms with Gasteiger partial charge in [-0.25, -0.2) is 0 Å². The Morgan fingerprint density at radius 3 is 3.20 bits per heavy atom. The molecule has 4 nitrogen and oxygen atoms in total. The van der Waals surface area contributed by atoms with Gasteiger partial charge >= 0.3 is 0 Å². The number of hydrogen-bond donors (Lipinski definition) is 0. The molecule has 2 heterocycles. The number of aliphatic imine (C=N–C) groups is 1. The van der Waals surface area contributed by atoms with Crippen molar-refractivity contribution in [3.8, 4) is 0 Å². The van der Waals surface area contributed by atoms with Crippen LogP contribution in [0.1, 0.15) is 18.0 Å². The number of hydrogen-bond acceptors (Lipinski definition) is 4. The Labute approximate surface area is 86.3 Å². The molecule has 0 bridgehead atoms. The first-order valence-corrected chi connectivity index (χ1v) is 4.84. The van der Waals surface area contributed by atoms with Crippen LogP contribution in [0.2, 0.25) is 0 Å². The van der Waals surface area contributed by atoms with Crippen molar-refractivity contribution in [2.24, 2.45) is 4.99 Å². The second-order valence-electron chi connectivity index (χ2n) is 3.44. The first-order valence-electron chi connectivity index (χ1n) is 4.84. The van der Waals surface area contributed by atoms with Gasteiger partial charge in [0.15, 0.2) is 5.58 Å². The van der Waals surface area contributed by atoms with E-state index < -0.39 is 0 Å². The van der Waals surface area contributed by atoms with Crippen LogP contribution < -0.4 is 0 Å². The number of dihydropyridines is 1. The summed E-state index contributed by atoms with van der Waals surface area (Å²) < 4.78 is 5.02. The van der Waals surface area contributed by atoms with Crippen LogP contribution in [0.3, 0.4) is 0 Å². The summed E-state index contributed by atoms with van der Waals surface area (Å²) in [7, 11) is 0. The molecule has 0 amide bonds. The first-order chi connectivity index (χ1) is 7.45. The highest BCUT2D eigenvalue weighted by molar-refractivity contribution is 5.78. The quantitative estimate of drug-likeness (QED) is 0.708. The lowest BCUT2D eigenvalue weighted by Gasteiger charge is -2.12. The highest BCUT2D eigenvalue weighted by Gasteiger charge is 2.15. The summed E-state index contributed by atoms with van der Waals surface area (Å²) in [6, 6.07) is 5.97. The van der Waals surface area contributed by atoms with E-state index in [0.29, 0.717) is 0 Å². The minimum absolute atomic E-state index is 0.144. The molecular formula is C11H9N3O. The summed E-state index contributed by atoms with van der Waals surface area (Å²) in [5.74, 6) is 0. The summed E-state index contributed by atoms with van der Waals surface area (Å²) in [5.41, 5.74) is 2.61. The van der Waals surface area contributed by atoms with Gasteiger partial charge in [-0.3, -0.25) is 4.99 Å². The number of fused-ring (bicyclic) bond motifs is 1. The molecule has 0 N–H and O–H groups in total. The molecule has 2 aromatic rings. The molecule has 0 radical (unpaired) electrons. The van der Waals surface area contributed by atoms with Crippen LogP contribution in [0.5, 0.6) is 0 Å². The van der Waals surface area contributed by atoms with Crippen molar-refractivity contribution < 1.29 is 4.52 Å². The van der Waals surface area contributed by atoms with E-state index in [2.05, 4.69) is 21.4 Å². The summed E-state index contributed by atoms with van der Waals surface area (Å²) >= 11 is 0. The molecule has 1 atom stereocenters. The highest BCUT2D eigenvalue weighted by atomic mass is 16.5. The van der Waals surface area contributed by atoms with E-state index in [4.69, 9.17) is 4.52 Å². The summed E-state index contributed by atoms with van der Waals surface area (Å²) in [5, 5.41) is 7.54. The number of allylic oxidation sites excluding steroid dienone is 1. The number of nitrogens with zero attached hydrogens (tertiary/aromatic N) is 3.